The second-order valence-corrected chi connectivity index (χ2v) is 3.74. The smallest absolute Gasteiger partial charge is 0.265 e. The zero-order valence-electron chi connectivity index (χ0n) is 8.33. The number of halogens is 3. The van der Waals surface area contributed by atoms with Crippen LogP contribution in [-0.2, 0) is 6.54 Å². The van der Waals surface area contributed by atoms with Gasteiger partial charge in [-0.15, -0.1) is 0 Å². The second kappa shape index (κ2) is 5.98. The monoisotopic (exact) mass is 251 g/mol. The van der Waals surface area contributed by atoms with Gasteiger partial charge in [0.25, 0.3) is 6.43 Å². The Bertz CT molecular complexity index is 350. The molecule has 0 aliphatic carbocycles. The Balaban J connectivity index is 2.45. The highest BCUT2D eigenvalue weighted by Crippen LogP contribution is 2.21. The van der Waals surface area contributed by atoms with Crippen molar-refractivity contribution in [1.29, 1.82) is 0 Å². The Morgan fingerprint density at radius 2 is 2.06 bits per heavy atom. The summed E-state index contributed by atoms with van der Waals surface area (Å²) in [5.74, 6) is 0.0310. The maximum atomic E-state index is 11.9. The average molecular weight is 252 g/mol. The number of rotatable bonds is 5. The summed E-state index contributed by atoms with van der Waals surface area (Å²) in [5.41, 5.74) is 0.494. The summed E-state index contributed by atoms with van der Waals surface area (Å²) < 4.78 is 23.9. The van der Waals surface area contributed by atoms with E-state index >= 15 is 0 Å². The summed E-state index contributed by atoms with van der Waals surface area (Å²) in [7, 11) is 0. The first kappa shape index (κ1) is 13.2. The fourth-order valence-electron chi connectivity index (χ4n) is 1.14. The summed E-state index contributed by atoms with van der Waals surface area (Å²) in [5, 5.41) is 21.3. The molecule has 1 atom stereocenters. The predicted molar refractivity (Wildman–Crippen MR) is 56.8 cm³/mol. The molecule has 0 fully saturated rings. The molecular weight excluding hydrogens is 240 g/mol. The maximum Gasteiger partial charge on any atom is 0.265 e. The van der Waals surface area contributed by atoms with Crippen LogP contribution in [0.25, 0.3) is 0 Å². The number of phenolic OH excluding ortho intramolecular Hbond substituents is 1. The van der Waals surface area contributed by atoms with E-state index < -0.39 is 12.5 Å². The molecule has 0 heterocycles. The van der Waals surface area contributed by atoms with Gasteiger partial charge in [0.1, 0.15) is 11.9 Å². The van der Waals surface area contributed by atoms with Gasteiger partial charge in [0.2, 0.25) is 0 Å². The standard InChI is InChI=1S/C10H12ClF2NO2/c11-7-1-2-8(15)6(3-7)4-14-5-9(16)10(12)13/h1-3,9-10,14-16H,4-5H2. The van der Waals surface area contributed by atoms with Crippen molar-refractivity contribution in [3.63, 3.8) is 0 Å². The van der Waals surface area contributed by atoms with Crippen molar-refractivity contribution in [2.75, 3.05) is 6.54 Å². The minimum atomic E-state index is -2.78. The number of aromatic hydroxyl groups is 1. The van der Waals surface area contributed by atoms with Crippen LogP contribution in [0.3, 0.4) is 0 Å². The molecule has 1 aromatic carbocycles. The van der Waals surface area contributed by atoms with Crippen molar-refractivity contribution in [3.8, 4) is 5.75 Å². The van der Waals surface area contributed by atoms with Crippen LogP contribution in [-0.4, -0.2) is 29.3 Å². The summed E-state index contributed by atoms with van der Waals surface area (Å²) in [6.45, 7) is -0.0835. The first-order valence-corrected chi connectivity index (χ1v) is 5.03. The zero-order chi connectivity index (χ0) is 12.1. The van der Waals surface area contributed by atoms with E-state index in [0.29, 0.717) is 10.6 Å². The molecule has 0 saturated heterocycles. The van der Waals surface area contributed by atoms with Crippen LogP contribution in [0.15, 0.2) is 18.2 Å². The second-order valence-electron chi connectivity index (χ2n) is 3.31. The van der Waals surface area contributed by atoms with Crippen molar-refractivity contribution in [1.82, 2.24) is 5.32 Å². The fraction of sp³-hybridized carbons (Fsp3) is 0.400. The summed E-state index contributed by atoms with van der Waals surface area (Å²) in [4.78, 5) is 0. The van der Waals surface area contributed by atoms with Gasteiger partial charge in [-0.05, 0) is 18.2 Å². The molecule has 0 bridgehead atoms. The van der Waals surface area contributed by atoms with Crippen LogP contribution < -0.4 is 5.32 Å². The van der Waals surface area contributed by atoms with E-state index in [9.17, 15) is 13.9 Å². The van der Waals surface area contributed by atoms with E-state index in [1.807, 2.05) is 0 Å². The van der Waals surface area contributed by atoms with E-state index in [-0.39, 0.29) is 18.8 Å². The molecule has 1 unspecified atom stereocenters. The highest BCUT2D eigenvalue weighted by Gasteiger charge is 2.15. The van der Waals surface area contributed by atoms with E-state index in [2.05, 4.69) is 5.32 Å². The average Bonchev–Trinajstić information content (AvgIpc) is 2.22. The molecule has 16 heavy (non-hydrogen) atoms. The van der Waals surface area contributed by atoms with Gasteiger partial charge in [0.15, 0.2) is 0 Å². The number of aliphatic hydroxyl groups is 1. The lowest BCUT2D eigenvalue weighted by Gasteiger charge is -2.11. The lowest BCUT2D eigenvalue weighted by molar-refractivity contribution is -0.00342. The van der Waals surface area contributed by atoms with E-state index in [1.54, 1.807) is 0 Å². The van der Waals surface area contributed by atoms with Crippen LogP contribution >= 0.6 is 11.6 Å². The van der Waals surface area contributed by atoms with Gasteiger partial charge >= 0.3 is 0 Å². The molecule has 1 rings (SSSR count). The van der Waals surface area contributed by atoms with Crippen molar-refractivity contribution < 1.29 is 19.0 Å². The minimum absolute atomic E-state index is 0.0310. The number of nitrogens with one attached hydrogen (secondary N) is 1. The Labute approximate surface area is 96.7 Å². The molecule has 90 valence electrons. The van der Waals surface area contributed by atoms with E-state index in [0.717, 1.165) is 0 Å². The normalized spacial score (nSPS) is 13.1. The van der Waals surface area contributed by atoms with Crippen LogP contribution in [0.2, 0.25) is 5.02 Å². The fourth-order valence-corrected chi connectivity index (χ4v) is 1.33. The molecule has 3 N–H and O–H groups in total. The third kappa shape index (κ3) is 3.92. The lowest BCUT2D eigenvalue weighted by atomic mass is 10.2. The number of alkyl halides is 2. The molecule has 0 aliphatic heterocycles. The van der Waals surface area contributed by atoms with Gasteiger partial charge in [0.05, 0.1) is 0 Å². The molecule has 0 spiro atoms. The number of phenols is 1. The Kier molecular flexibility index (Phi) is 4.92. The van der Waals surface area contributed by atoms with Crippen molar-refractivity contribution in [3.05, 3.63) is 28.8 Å². The molecule has 3 nitrogen and oxygen atoms in total. The summed E-state index contributed by atoms with van der Waals surface area (Å²) in [6.07, 6.45) is -4.48. The van der Waals surface area contributed by atoms with Crippen molar-refractivity contribution in [2.45, 2.75) is 19.1 Å². The quantitative estimate of drug-likeness (QED) is 0.748. The molecule has 0 aliphatic rings. The van der Waals surface area contributed by atoms with Gasteiger partial charge in [-0.1, -0.05) is 11.6 Å². The Morgan fingerprint density at radius 1 is 1.38 bits per heavy atom. The molecule has 0 aromatic heterocycles. The Morgan fingerprint density at radius 3 is 2.69 bits per heavy atom. The maximum absolute atomic E-state index is 11.9. The van der Waals surface area contributed by atoms with Gasteiger partial charge in [0, 0.05) is 23.7 Å². The number of hydrogen-bond donors (Lipinski definition) is 3. The van der Waals surface area contributed by atoms with Gasteiger partial charge in [-0.3, -0.25) is 0 Å². The van der Waals surface area contributed by atoms with Gasteiger partial charge in [-0.25, -0.2) is 8.78 Å². The van der Waals surface area contributed by atoms with Crippen LogP contribution in [0, 0.1) is 0 Å². The van der Waals surface area contributed by atoms with Crippen LogP contribution in [0.1, 0.15) is 5.56 Å². The Hall–Kier alpha value is -0.910. The highest BCUT2D eigenvalue weighted by molar-refractivity contribution is 6.30. The molecular formula is C10H12ClF2NO2. The number of aliphatic hydroxyl groups excluding tert-OH is 1. The molecule has 0 radical (unpaired) electrons. The third-order valence-corrected chi connectivity index (χ3v) is 2.24. The lowest BCUT2D eigenvalue weighted by Crippen LogP contribution is -2.31. The van der Waals surface area contributed by atoms with E-state index in [1.165, 1.54) is 18.2 Å². The number of benzene rings is 1. The van der Waals surface area contributed by atoms with Gasteiger partial charge < -0.3 is 15.5 Å². The van der Waals surface area contributed by atoms with Gasteiger partial charge in [-0.2, -0.15) is 0 Å². The predicted octanol–water partition coefficient (Wildman–Crippen LogP) is 1.76. The molecule has 6 heteroatoms. The van der Waals surface area contributed by atoms with Crippen molar-refractivity contribution in [2.24, 2.45) is 0 Å². The molecule has 0 amide bonds. The SMILES string of the molecule is Oc1ccc(Cl)cc1CNCC(O)C(F)F. The highest BCUT2D eigenvalue weighted by atomic mass is 35.5. The summed E-state index contributed by atoms with van der Waals surface area (Å²) >= 11 is 5.70. The topological polar surface area (TPSA) is 52.5 Å². The first-order valence-electron chi connectivity index (χ1n) is 4.65. The largest absolute Gasteiger partial charge is 0.508 e. The van der Waals surface area contributed by atoms with Crippen LogP contribution in [0.5, 0.6) is 5.75 Å². The van der Waals surface area contributed by atoms with Crippen molar-refractivity contribution >= 4 is 11.6 Å². The number of hydrogen-bond acceptors (Lipinski definition) is 3. The molecule has 1 aromatic rings. The third-order valence-electron chi connectivity index (χ3n) is 2.00. The molecule has 0 saturated carbocycles. The minimum Gasteiger partial charge on any atom is -0.508 e. The summed E-state index contributed by atoms with van der Waals surface area (Å²) in [6, 6.07) is 4.47. The van der Waals surface area contributed by atoms with E-state index in [4.69, 9.17) is 16.7 Å². The first-order chi connectivity index (χ1) is 7.50. The zero-order valence-corrected chi connectivity index (χ0v) is 9.09. The van der Waals surface area contributed by atoms with Crippen LogP contribution in [0.4, 0.5) is 8.78 Å².